The number of allylic oxidation sites excluding steroid dienone is 6. The third-order valence-electron chi connectivity index (χ3n) is 4.03. The summed E-state index contributed by atoms with van der Waals surface area (Å²) in [5, 5.41) is 0. The summed E-state index contributed by atoms with van der Waals surface area (Å²) in [6.45, 7) is 12.2. The Hall–Kier alpha value is -1.82. The van der Waals surface area contributed by atoms with E-state index in [4.69, 9.17) is 0 Å². The van der Waals surface area contributed by atoms with E-state index in [0.717, 1.165) is 12.8 Å². The molecule has 2 rings (SSSR count). The first-order valence-corrected chi connectivity index (χ1v) is 6.83. The molecule has 0 saturated carbocycles. The Labute approximate surface area is 116 Å². The van der Waals surface area contributed by atoms with Crippen LogP contribution < -0.4 is 0 Å². The quantitative estimate of drug-likeness (QED) is 0.523. The standard InChI is InChI=1S/C19H22/c1-5-8-9-18(6-2)19(7-3)13-16-11-10-15(4)12-17(16)14-19/h5-12H,2-3,13-14H2,1,4H3/b8-5-,18-9+. The molecule has 98 valence electrons. The minimum atomic E-state index is 0.0113. The number of hydrogen-bond acceptors (Lipinski definition) is 0. The van der Waals surface area contributed by atoms with E-state index in [2.05, 4.69) is 56.5 Å². The van der Waals surface area contributed by atoms with E-state index < -0.39 is 0 Å². The van der Waals surface area contributed by atoms with E-state index in [1.54, 1.807) is 0 Å². The van der Waals surface area contributed by atoms with Gasteiger partial charge in [0, 0.05) is 5.41 Å². The first kappa shape index (κ1) is 13.6. The van der Waals surface area contributed by atoms with Gasteiger partial charge in [0.05, 0.1) is 0 Å². The summed E-state index contributed by atoms with van der Waals surface area (Å²) in [6.07, 6.45) is 12.4. The van der Waals surface area contributed by atoms with Gasteiger partial charge in [-0.15, -0.1) is 6.58 Å². The molecule has 0 fully saturated rings. The number of fused-ring (bicyclic) bond motifs is 1. The molecule has 1 aliphatic carbocycles. The summed E-state index contributed by atoms with van der Waals surface area (Å²) >= 11 is 0. The fourth-order valence-electron chi connectivity index (χ4n) is 2.94. The van der Waals surface area contributed by atoms with Gasteiger partial charge in [-0.25, -0.2) is 0 Å². The largest absolute Gasteiger partial charge is 0.102 e. The lowest BCUT2D eigenvalue weighted by Gasteiger charge is -2.26. The molecule has 0 heterocycles. The second-order valence-corrected chi connectivity index (χ2v) is 5.34. The summed E-state index contributed by atoms with van der Waals surface area (Å²) in [5.41, 5.74) is 5.50. The Morgan fingerprint density at radius 1 is 1.21 bits per heavy atom. The van der Waals surface area contributed by atoms with Crippen LogP contribution >= 0.6 is 0 Å². The van der Waals surface area contributed by atoms with E-state index in [-0.39, 0.29) is 5.41 Å². The zero-order valence-corrected chi connectivity index (χ0v) is 11.9. The Morgan fingerprint density at radius 3 is 2.58 bits per heavy atom. The van der Waals surface area contributed by atoms with Gasteiger partial charge in [-0.2, -0.15) is 0 Å². The maximum atomic E-state index is 4.08. The van der Waals surface area contributed by atoms with Gasteiger partial charge < -0.3 is 0 Å². The van der Waals surface area contributed by atoms with Gasteiger partial charge >= 0.3 is 0 Å². The molecule has 0 amide bonds. The molecule has 0 nitrogen and oxygen atoms in total. The fourth-order valence-corrected chi connectivity index (χ4v) is 2.94. The highest BCUT2D eigenvalue weighted by atomic mass is 14.4. The highest BCUT2D eigenvalue weighted by Gasteiger charge is 2.36. The van der Waals surface area contributed by atoms with E-state index in [9.17, 15) is 0 Å². The van der Waals surface area contributed by atoms with Crippen LogP contribution in [0.15, 0.2) is 67.3 Å². The zero-order chi connectivity index (χ0) is 13.9. The predicted molar refractivity (Wildman–Crippen MR) is 84.3 cm³/mol. The Morgan fingerprint density at radius 2 is 1.95 bits per heavy atom. The average Bonchev–Trinajstić information content (AvgIpc) is 2.78. The molecule has 1 aliphatic rings. The second kappa shape index (κ2) is 5.44. The predicted octanol–water partition coefficient (Wildman–Crippen LogP) is 4.95. The van der Waals surface area contributed by atoms with Crippen LogP contribution in [0, 0.1) is 12.3 Å². The molecule has 1 unspecified atom stereocenters. The van der Waals surface area contributed by atoms with E-state index in [1.165, 1.54) is 22.3 Å². The van der Waals surface area contributed by atoms with Crippen LogP contribution in [0.25, 0.3) is 0 Å². The fraction of sp³-hybridized carbons (Fsp3) is 0.263. The van der Waals surface area contributed by atoms with Crippen molar-refractivity contribution in [3.8, 4) is 0 Å². The van der Waals surface area contributed by atoms with Crippen LogP contribution in [0.3, 0.4) is 0 Å². The first-order valence-electron chi connectivity index (χ1n) is 6.83. The van der Waals surface area contributed by atoms with E-state index in [1.807, 2.05) is 19.1 Å². The van der Waals surface area contributed by atoms with Crippen LogP contribution in [-0.4, -0.2) is 0 Å². The molecule has 0 radical (unpaired) electrons. The number of rotatable bonds is 4. The van der Waals surface area contributed by atoms with Crippen molar-refractivity contribution in [3.63, 3.8) is 0 Å². The molecule has 0 bridgehead atoms. The molecule has 1 aromatic carbocycles. The molecule has 19 heavy (non-hydrogen) atoms. The molecule has 0 aromatic heterocycles. The number of benzene rings is 1. The smallest absolute Gasteiger partial charge is 0.0210 e. The maximum Gasteiger partial charge on any atom is 0.0210 e. The summed E-state index contributed by atoms with van der Waals surface area (Å²) in [7, 11) is 0. The van der Waals surface area contributed by atoms with Crippen molar-refractivity contribution in [3.05, 3.63) is 84.0 Å². The van der Waals surface area contributed by atoms with Crippen molar-refractivity contribution in [1.82, 2.24) is 0 Å². The van der Waals surface area contributed by atoms with Crippen molar-refractivity contribution in [1.29, 1.82) is 0 Å². The molecular formula is C19H22. The molecule has 0 heteroatoms. The van der Waals surface area contributed by atoms with Crippen LogP contribution in [0.1, 0.15) is 23.6 Å². The minimum absolute atomic E-state index is 0.0113. The molecule has 0 N–H and O–H groups in total. The van der Waals surface area contributed by atoms with Crippen molar-refractivity contribution < 1.29 is 0 Å². The molecular weight excluding hydrogens is 228 g/mol. The molecule has 0 spiro atoms. The average molecular weight is 250 g/mol. The molecule has 1 aromatic rings. The maximum absolute atomic E-state index is 4.08. The van der Waals surface area contributed by atoms with Crippen LogP contribution in [0.2, 0.25) is 0 Å². The number of hydrogen-bond donors (Lipinski definition) is 0. The van der Waals surface area contributed by atoms with Crippen molar-refractivity contribution in [2.75, 3.05) is 0 Å². The molecule has 0 saturated heterocycles. The van der Waals surface area contributed by atoms with Crippen molar-refractivity contribution >= 4 is 0 Å². The van der Waals surface area contributed by atoms with Crippen molar-refractivity contribution in [2.45, 2.75) is 26.7 Å². The summed E-state index contributed by atoms with van der Waals surface area (Å²) in [6, 6.07) is 6.75. The molecule has 1 atom stereocenters. The Kier molecular flexibility index (Phi) is 3.90. The first-order chi connectivity index (χ1) is 9.15. The third kappa shape index (κ3) is 2.49. The van der Waals surface area contributed by atoms with E-state index in [0.29, 0.717) is 0 Å². The number of aryl methyl sites for hydroxylation is 1. The second-order valence-electron chi connectivity index (χ2n) is 5.34. The van der Waals surface area contributed by atoms with Gasteiger partial charge in [-0.3, -0.25) is 0 Å². The van der Waals surface area contributed by atoms with Crippen molar-refractivity contribution in [2.24, 2.45) is 5.41 Å². The van der Waals surface area contributed by atoms with E-state index >= 15 is 0 Å². The third-order valence-corrected chi connectivity index (χ3v) is 4.03. The zero-order valence-electron chi connectivity index (χ0n) is 11.9. The normalized spacial score (nSPS) is 22.5. The monoisotopic (exact) mass is 250 g/mol. The van der Waals surface area contributed by atoms with Gasteiger partial charge in [0.15, 0.2) is 0 Å². The minimum Gasteiger partial charge on any atom is -0.102 e. The Balaban J connectivity index is 2.43. The lowest BCUT2D eigenvalue weighted by atomic mass is 9.77. The van der Waals surface area contributed by atoms with Gasteiger partial charge in [-0.05, 0) is 43.4 Å². The topological polar surface area (TPSA) is 0 Å². The highest BCUT2D eigenvalue weighted by molar-refractivity contribution is 5.46. The van der Waals surface area contributed by atoms with Gasteiger partial charge in [0.1, 0.15) is 0 Å². The molecule has 0 aliphatic heterocycles. The lowest BCUT2D eigenvalue weighted by Crippen LogP contribution is -2.20. The lowest BCUT2D eigenvalue weighted by molar-refractivity contribution is 0.504. The van der Waals surface area contributed by atoms with Crippen LogP contribution in [0.4, 0.5) is 0 Å². The highest BCUT2D eigenvalue weighted by Crippen LogP contribution is 2.44. The summed E-state index contributed by atoms with van der Waals surface area (Å²) < 4.78 is 0. The summed E-state index contributed by atoms with van der Waals surface area (Å²) in [5.74, 6) is 0. The Bertz CT molecular complexity index is 557. The summed E-state index contributed by atoms with van der Waals surface area (Å²) in [4.78, 5) is 0. The van der Waals surface area contributed by atoms with Gasteiger partial charge in [0.25, 0.3) is 0 Å². The SMILES string of the molecule is C=C/C(=C\C=C/C)C1(C=C)Cc2ccc(C)cc2C1. The van der Waals surface area contributed by atoms with Gasteiger partial charge in [0.2, 0.25) is 0 Å². The van der Waals surface area contributed by atoms with Gasteiger partial charge in [-0.1, -0.05) is 60.7 Å². The van der Waals surface area contributed by atoms with Crippen LogP contribution in [-0.2, 0) is 12.8 Å². The van der Waals surface area contributed by atoms with Crippen LogP contribution in [0.5, 0.6) is 0 Å².